The van der Waals surface area contributed by atoms with Crippen LogP contribution in [-0.4, -0.2) is 138 Å². The molecule has 0 spiro atoms. The van der Waals surface area contributed by atoms with Crippen molar-refractivity contribution in [2.75, 3.05) is 13.2 Å². The van der Waals surface area contributed by atoms with Gasteiger partial charge in [-0.1, -0.05) is 127 Å². The van der Waals surface area contributed by atoms with Gasteiger partial charge in [-0.25, -0.2) is 4.57 Å². The van der Waals surface area contributed by atoms with Gasteiger partial charge in [0.2, 0.25) is 0 Å². The summed E-state index contributed by atoms with van der Waals surface area (Å²) in [5.41, 5.74) is 0. The van der Waals surface area contributed by atoms with Crippen molar-refractivity contribution < 1.29 is 83.2 Å². The van der Waals surface area contributed by atoms with Crippen molar-refractivity contribution in [3.05, 3.63) is 36.5 Å². The van der Waals surface area contributed by atoms with E-state index in [-0.39, 0.29) is 32.1 Å². The highest BCUT2D eigenvalue weighted by molar-refractivity contribution is 7.47. The second kappa shape index (κ2) is 36.5. The second-order valence-electron chi connectivity index (χ2n) is 19.0. The Morgan fingerprint density at radius 1 is 0.710 bits per heavy atom. The van der Waals surface area contributed by atoms with Crippen LogP contribution in [0.15, 0.2) is 36.5 Å². The first-order valence-corrected chi connectivity index (χ1v) is 27.5. The third-order valence-electron chi connectivity index (χ3n) is 12.9. The van der Waals surface area contributed by atoms with E-state index in [2.05, 4.69) is 31.2 Å². The number of hydrogen-bond acceptors (Lipinski definition) is 16. The Kier molecular flexibility index (Phi) is 33.2. The molecule has 69 heavy (non-hydrogen) atoms. The number of hydrogen-bond donors (Lipinski definition) is 9. The van der Waals surface area contributed by atoms with Crippen LogP contribution >= 0.6 is 7.82 Å². The van der Waals surface area contributed by atoms with Gasteiger partial charge < -0.3 is 55.2 Å². The fourth-order valence-electron chi connectivity index (χ4n) is 8.61. The summed E-state index contributed by atoms with van der Waals surface area (Å²) >= 11 is 0. The van der Waals surface area contributed by atoms with Crippen LogP contribution in [0.4, 0.5) is 0 Å². The topological polar surface area (TPSA) is 287 Å². The molecule has 1 saturated carbocycles. The molecule has 0 radical (unpaired) electrons. The third kappa shape index (κ3) is 26.8. The van der Waals surface area contributed by atoms with Crippen LogP contribution < -0.4 is 0 Å². The summed E-state index contributed by atoms with van der Waals surface area (Å²) < 4.78 is 34.7. The van der Waals surface area contributed by atoms with E-state index in [1.165, 1.54) is 50.7 Å². The van der Waals surface area contributed by atoms with Gasteiger partial charge >= 0.3 is 19.8 Å². The lowest BCUT2D eigenvalue weighted by Crippen LogP contribution is -2.56. The Morgan fingerprint density at radius 2 is 1.29 bits per heavy atom. The van der Waals surface area contributed by atoms with Gasteiger partial charge in [0.15, 0.2) is 6.10 Å². The fourth-order valence-corrected chi connectivity index (χ4v) is 9.59. The largest absolute Gasteiger partial charge is 0.472 e. The molecule has 1 saturated heterocycles. The van der Waals surface area contributed by atoms with Crippen LogP contribution in [0.3, 0.4) is 0 Å². The lowest BCUT2D eigenvalue weighted by Gasteiger charge is -2.37. The number of Topliss-reactive ketones (excluding diaryl/α,β-unsaturated/α-hetero) is 1. The quantitative estimate of drug-likeness (QED) is 0.0204. The molecular weight excluding hydrogens is 916 g/mol. The van der Waals surface area contributed by atoms with Crippen molar-refractivity contribution in [2.45, 2.75) is 242 Å². The maximum absolute atomic E-state index is 13.6. The number of aliphatic hydroxyl groups is 8. The first-order chi connectivity index (χ1) is 33.0. The predicted octanol–water partition coefficient (Wildman–Crippen LogP) is 6.51. The lowest BCUT2D eigenvalue weighted by molar-refractivity contribution is -0.168. The highest BCUT2D eigenvalue weighted by atomic mass is 31.2. The van der Waals surface area contributed by atoms with Gasteiger partial charge in [-0.15, -0.1) is 0 Å². The molecule has 0 amide bonds. The average molecular weight is 1010 g/mol. The molecule has 0 aromatic carbocycles. The number of fused-ring (bicyclic) bond motifs is 4. The number of esters is 2. The maximum Gasteiger partial charge on any atom is 0.472 e. The zero-order valence-corrected chi connectivity index (χ0v) is 42.3. The number of allylic oxidation sites excluding steroid dienone is 4. The van der Waals surface area contributed by atoms with E-state index < -0.39 is 124 Å². The molecule has 1 aliphatic heterocycles. The molecular formula is C51H89O17P. The van der Waals surface area contributed by atoms with Gasteiger partial charge in [-0.2, -0.15) is 0 Å². The fraction of sp³-hybridized carbons (Fsp3) is 0.824. The number of unbranched alkanes of at least 4 members (excludes halogenated alkanes) is 14. The normalized spacial score (nSPS) is 31.4. The summed E-state index contributed by atoms with van der Waals surface area (Å²) in [6.45, 7) is 2.70. The van der Waals surface area contributed by atoms with Crippen LogP contribution in [0, 0.1) is 11.8 Å². The first-order valence-electron chi connectivity index (χ1n) is 26.0. The monoisotopic (exact) mass is 1000 g/mol. The highest BCUT2D eigenvalue weighted by Gasteiger charge is 2.49. The smallest absolute Gasteiger partial charge is 0.462 e. The Bertz CT molecular complexity index is 1540. The van der Waals surface area contributed by atoms with Gasteiger partial charge in [0.05, 0.1) is 37.1 Å². The third-order valence-corrected chi connectivity index (χ3v) is 13.9. The number of ketones is 1. The number of rotatable bonds is 25. The Labute approximate surface area is 411 Å². The van der Waals surface area contributed by atoms with Gasteiger partial charge in [-0.05, 0) is 57.8 Å². The van der Waals surface area contributed by atoms with Crippen molar-refractivity contribution in [3.63, 3.8) is 0 Å². The summed E-state index contributed by atoms with van der Waals surface area (Å²) in [6.07, 6.45) is 8.92. The van der Waals surface area contributed by atoms with E-state index in [9.17, 15) is 64.7 Å². The van der Waals surface area contributed by atoms with Crippen LogP contribution in [0.1, 0.15) is 181 Å². The molecule has 400 valence electrons. The molecule has 13 atom stereocenters. The predicted molar refractivity (Wildman–Crippen MR) is 260 cm³/mol. The first kappa shape index (κ1) is 62.7. The van der Waals surface area contributed by atoms with Gasteiger partial charge in [0, 0.05) is 43.9 Å². The van der Waals surface area contributed by atoms with Gasteiger partial charge in [-0.3, -0.25) is 23.4 Å². The molecule has 2 fully saturated rings. The second-order valence-corrected chi connectivity index (χ2v) is 20.4. The molecule has 9 N–H and O–H groups in total. The van der Waals surface area contributed by atoms with E-state index in [1.54, 1.807) is 0 Å². The summed E-state index contributed by atoms with van der Waals surface area (Å²) in [7, 11) is -5.50. The van der Waals surface area contributed by atoms with Gasteiger partial charge in [0.1, 0.15) is 36.8 Å². The standard InChI is InChI=1S/C51H89O17P/c1-3-5-7-8-9-10-11-12-13-14-15-16-17-18-19-20-21-22-24-30-45(57)67-39-35-65-44(56)29-26-25-28-38(53)33-41-43(55)34-42(54)40(32-31-37(52)27-23-6-4-2)46(58)49(61)51(50(62)48(60)47(41)59)68-69(63,64)66-36-39/h9-10,12-13,31-32,37,39-43,46-52,54-55,58-62H,3-8,11,14-30,33-36H2,1-2H3,(H,63,64)/b10-9-,13-12-,32-31+/t37-,39+,40-,41-,42+,43-,46+,47+,48-,49+,50+,51+/m0/s1. The van der Waals surface area contributed by atoms with Crippen LogP contribution in [0.2, 0.25) is 0 Å². The lowest BCUT2D eigenvalue weighted by atomic mass is 9.82. The Balaban J connectivity index is 2.11. The minimum Gasteiger partial charge on any atom is -0.462 e. The van der Waals surface area contributed by atoms with E-state index in [0.717, 1.165) is 64.2 Å². The number of carbonyl (C=O) groups excluding carboxylic acids is 3. The highest BCUT2D eigenvalue weighted by Crippen LogP contribution is 2.47. The van der Waals surface area contributed by atoms with Gasteiger partial charge in [0.25, 0.3) is 0 Å². The molecule has 2 aliphatic rings. The zero-order chi connectivity index (χ0) is 51.0. The molecule has 1 heterocycles. The number of phosphoric acid groups is 1. The molecule has 18 heteroatoms. The van der Waals surface area contributed by atoms with Crippen molar-refractivity contribution >= 4 is 25.5 Å². The summed E-state index contributed by atoms with van der Waals surface area (Å²) in [4.78, 5) is 49.8. The van der Waals surface area contributed by atoms with E-state index in [0.29, 0.717) is 19.3 Å². The Hall–Kier alpha value is -2.38. The number of ether oxygens (including phenoxy) is 2. The maximum atomic E-state index is 13.6. The zero-order valence-electron chi connectivity index (χ0n) is 41.4. The molecule has 2 bridgehead atoms. The van der Waals surface area contributed by atoms with E-state index >= 15 is 0 Å². The van der Waals surface area contributed by atoms with Crippen molar-refractivity contribution in [1.29, 1.82) is 0 Å². The summed E-state index contributed by atoms with van der Waals surface area (Å²) in [5, 5.41) is 90.2. The van der Waals surface area contributed by atoms with Crippen LogP contribution in [0.5, 0.6) is 0 Å². The van der Waals surface area contributed by atoms with E-state index in [4.69, 9.17) is 18.5 Å². The summed E-state index contributed by atoms with van der Waals surface area (Å²) in [5.74, 6) is -5.03. The van der Waals surface area contributed by atoms with Crippen LogP contribution in [0.25, 0.3) is 0 Å². The number of aliphatic hydroxyl groups excluding tert-OH is 8. The number of phosphoric ester groups is 1. The molecule has 0 aromatic rings. The van der Waals surface area contributed by atoms with Crippen molar-refractivity contribution in [3.8, 4) is 0 Å². The molecule has 1 aliphatic carbocycles. The minimum absolute atomic E-state index is 0.000583. The van der Waals surface area contributed by atoms with E-state index in [1.807, 2.05) is 6.92 Å². The van der Waals surface area contributed by atoms with Crippen molar-refractivity contribution in [1.82, 2.24) is 0 Å². The average Bonchev–Trinajstić information content (AvgIpc) is 3.31. The minimum atomic E-state index is -5.50. The summed E-state index contributed by atoms with van der Waals surface area (Å²) in [6, 6.07) is 0. The molecule has 17 nitrogen and oxygen atoms in total. The molecule has 1 unspecified atom stereocenters. The number of cyclic esters (lactones) is 1. The number of carbonyl (C=O) groups is 3. The molecule has 2 rings (SSSR count). The van der Waals surface area contributed by atoms with Crippen LogP contribution in [-0.2, 0) is 37.5 Å². The SMILES string of the molecule is CCCCC/C=C\C/C=C\CCCCCCCCCCCC(=O)O[C@@H]1COC(=O)CCCCC(=O)C[C@@H]2[C@@H](O)[C@H](O)[C@@H](O)[C@H](OP(=O)(O)OC1)[C@H](O)[C@H](O)[C@@H](/C=C/[C@@H](O)CCCCC)[C@H](O)C[C@@H]2O. The van der Waals surface area contributed by atoms with Crippen molar-refractivity contribution in [2.24, 2.45) is 11.8 Å². The Morgan fingerprint density at radius 3 is 1.94 bits per heavy atom. The molecule has 0 aromatic heterocycles.